The Morgan fingerprint density at radius 3 is 2.50 bits per heavy atom. The standard InChI is InChI=1S/C16H26N2O2/c1-5-13(3)15(17)16(19)18(4)10-11-20-14-8-6-12(2)7-9-14/h6-9,13,15H,5,10-11,17H2,1-4H3. The molecule has 112 valence electrons. The smallest absolute Gasteiger partial charge is 0.239 e. The van der Waals surface area contributed by atoms with Crippen LogP contribution in [0.2, 0.25) is 0 Å². The molecule has 0 bridgehead atoms. The average molecular weight is 278 g/mol. The predicted octanol–water partition coefficient (Wildman–Crippen LogP) is 2.21. The van der Waals surface area contributed by atoms with E-state index in [0.717, 1.165) is 12.2 Å². The topological polar surface area (TPSA) is 55.6 Å². The van der Waals surface area contributed by atoms with Crippen molar-refractivity contribution in [1.29, 1.82) is 0 Å². The summed E-state index contributed by atoms with van der Waals surface area (Å²) < 4.78 is 5.61. The van der Waals surface area contributed by atoms with Gasteiger partial charge in [0.2, 0.25) is 5.91 Å². The van der Waals surface area contributed by atoms with Crippen LogP contribution in [0.1, 0.15) is 25.8 Å². The highest BCUT2D eigenvalue weighted by Gasteiger charge is 2.22. The second-order valence-electron chi connectivity index (χ2n) is 5.33. The molecule has 0 heterocycles. The molecule has 4 nitrogen and oxygen atoms in total. The van der Waals surface area contributed by atoms with Crippen LogP contribution in [-0.4, -0.2) is 37.0 Å². The molecule has 1 aromatic rings. The Balaban J connectivity index is 2.37. The normalized spacial score (nSPS) is 13.7. The highest BCUT2D eigenvalue weighted by atomic mass is 16.5. The van der Waals surface area contributed by atoms with Gasteiger partial charge < -0.3 is 15.4 Å². The zero-order chi connectivity index (χ0) is 15.1. The van der Waals surface area contributed by atoms with Gasteiger partial charge in [-0.3, -0.25) is 4.79 Å². The van der Waals surface area contributed by atoms with Gasteiger partial charge in [0, 0.05) is 7.05 Å². The maximum Gasteiger partial charge on any atom is 0.239 e. The van der Waals surface area contributed by atoms with Crippen molar-refractivity contribution in [3.05, 3.63) is 29.8 Å². The molecule has 2 N–H and O–H groups in total. The molecule has 20 heavy (non-hydrogen) atoms. The number of carbonyl (C=O) groups excluding carboxylic acids is 1. The zero-order valence-electron chi connectivity index (χ0n) is 12.9. The molecular weight excluding hydrogens is 252 g/mol. The number of aryl methyl sites for hydroxylation is 1. The van der Waals surface area contributed by atoms with E-state index in [4.69, 9.17) is 10.5 Å². The van der Waals surface area contributed by atoms with E-state index in [9.17, 15) is 4.79 Å². The van der Waals surface area contributed by atoms with E-state index < -0.39 is 6.04 Å². The number of rotatable bonds is 7. The van der Waals surface area contributed by atoms with Crippen molar-refractivity contribution in [3.63, 3.8) is 0 Å². The van der Waals surface area contributed by atoms with E-state index in [0.29, 0.717) is 13.2 Å². The summed E-state index contributed by atoms with van der Waals surface area (Å²) in [7, 11) is 1.77. The molecule has 0 aliphatic carbocycles. The zero-order valence-corrected chi connectivity index (χ0v) is 12.9. The lowest BCUT2D eigenvalue weighted by Gasteiger charge is -2.24. The molecule has 0 aromatic heterocycles. The monoisotopic (exact) mass is 278 g/mol. The number of carbonyl (C=O) groups is 1. The first-order valence-corrected chi connectivity index (χ1v) is 7.15. The second kappa shape index (κ2) is 7.90. The molecule has 0 fully saturated rings. The summed E-state index contributed by atoms with van der Waals surface area (Å²) in [5.74, 6) is 0.998. The molecule has 1 amide bonds. The third-order valence-corrected chi connectivity index (χ3v) is 3.63. The first-order valence-electron chi connectivity index (χ1n) is 7.15. The van der Waals surface area contributed by atoms with Gasteiger partial charge in [0.25, 0.3) is 0 Å². The van der Waals surface area contributed by atoms with Crippen LogP contribution in [0.15, 0.2) is 24.3 Å². The minimum Gasteiger partial charge on any atom is -0.492 e. The van der Waals surface area contributed by atoms with Gasteiger partial charge in [0.1, 0.15) is 12.4 Å². The van der Waals surface area contributed by atoms with Crippen LogP contribution >= 0.6 is 0 Å². The maximum absolute atomic E-state index is 12.1. The summed E-state index contributed by atoms with van der Waals surface area (Å²) in [5.41, 5.74) is 7.14. The molecule has 2 unspecified atom stereocenters. The Labute approximate surface area is 121 Å². The number of benzene rings is 1. The molecular formula is C16H26N2O2. The summed E-state index contributed by atoms with van der Waals surface area (Å²) in [6, 6.07) is 7.44. The van der Waals surface area contributed by atoms with Gasteiger partial charge in [0.05, 0.1) is 12.6 Å². The first kappa shape index (κ1) is 16.5. The van der Waals surface area contributed by atoms with Gasteiger partial charge in [0.15, 0.2) is 0 Å². The molecule has 2 atom stereocenters. The van der Waals surface area contributed by atoms with Gasteiger partial charge in [-0.05, 0) is 25.0 Å². The van der Waals surface area contributed by atoms with Crippen LogP contribution in [0.4, 0.5) is 0 Å². The lowest BCUT2D eigenvalue weighted by Crippen LogP contribution is -2.46. The lowest BCUT2D eigenvalue weighted by molar-refractivity contribution is -0.132. The highest BCUT2D eigenvalue weighted by Crippen LogP contribution is 2.11. The molecule has 0 radical (unpaired) electrons. The van der Waals surface area contributed by atoms with Gasteiger partial charge in [-0.25, -0.2) is 0 Å². The average Bonchev–Trinajstić information content (AvgIpc) is 2.46. The molecule has 0 aliphatic heterocycles. The Morgan fingerprint density at radius 2 is 1.95 bits per heavy atom. The van der Waals surface area contributed by atoms with Crippen LogP contribution in [0.5, 0.6) is 5.75 Å². The molecule has 0 aliphatic rings. The van der Waals surface area contributed by atoms with Crippen molar-refractivity contribution < 1.29 is 9.53 Å². The van der Waals surface area contributed by atoms with Crippen LogP contribution in [0.3, 0.4) is 0 Å². The SMILES string of the molecule is CCC(C)C(N)C(=O)N(C)CCOc1ccc(C)cc1. The van der Waals surface area contributed by atoms with Gasteiger partial charge in [-0.15, -0.1) is 0 Å². The molecule has 0 spiro atoms. The number of hydrogen-bond donors (Lipinski definition) is 1. The van der Waals surface area contributed by atoms with Crippen LogP contribution in [0.25, 0.3) is 0 Å². The summed E-state index contributed by atoms with van der Waals surface area (Å²) in [5, 5.41) is 0. The van der Waals surface area contributed by atoms with Gasteiger partial charge in [-0.1, -0.05) is 38.0 Å². The van der Waals surface area contributed by atoms with E-state index in [2.05, 4.69) is 0 Å². The molecule has 0 saturated heterocycles. The summed E-state index contributed by atoms with van der Waals surface area (Å²) in [6.07, 6.45) is 0.903. The van der Waals surface area contributed by atoms with Crippen molar-refractivity contribution in [3.8, 4) is 5.75 Å². The number of hydrogen-bond acceptors (Lipinski definition) is 3. The van der Waals surface area contributed by atoms with E-state index in [-0.39, 0.29) is 11.8 Å². The van der Waals surface area contributed by atoms with E-state index in [1.165, 1.54) is 5.56 Å². The fraction of sp³-hybridized carbons (Fsp3) is 0.562. The van der Waals surface area contributed by atoms with Crippen molar-refractivity contribution in [2.24, 2.45) is 11.7 Å². The fourth-order valence-corrected chi connectivity index (χ4v) is 1.80. The first-order chi connectivity index (χ1) is 9.45. The number of nitrogens with zero attached hydrogens (tertiary/aromatic N) is 1. The van der Waals surface area contributed by atoms with E-state index in [1.54, 1.807) is 11.9 Å². The summed E-state index contributed by atoms with van der Waals surface area (Å²) in [4.78, 5) is 13.7. The fourth-order valence-electron chi connectivity index (χ4n) is 1.80. The largest absolute Gasteiger partial charge is 0.492 e. The maximum atomic E-state index is 12.1. The van der Waals surface area contributed by atoms with Crippen molar-refractivity contribution in [2.45, 2.75) is 33.2 Å². The molecule has 0 saturated carbocycles. The minimum atomic E-state index is -0.427. The van der Waals surface area contributed by atoms with Crippen LogP contribution < -0.4 is 10.5 Å². The quantitative estimate of drug-likeness (QED) is 0.832. The lowest BCUT2D eigenvalue weighted by atomic mass is 9.99. The summed E-state index contributed by atoms with van der Waals surface area (Å²) in [6.45, 7) is 7.08. The van der Waals surface area contributed by atoms with E-state index >= 15 is 0 Å². The van der Waals surface area contributed by atoms with Crippen molar-refractivity contribution in [1.82, 2.24) is 4.90 Å². The molecule has 1 aromatic carbocycles. The molecule has 1 rings (SSSR count). The number of likely N-dealkylation sites (N-methyl/N-ethyl adjacent to an activating group) is 1. The van der Waals surface area contributed by atoms with Crippen LogP contribution in [0, 0.1) is 12.8 Å². The van der Waals surface area contributed by atoms with Gasteiger partial charge >= 0.3 is 0 Å². The number of ether oxygens (including phenoxy) is 1. The minimum absolute atomic E-state index is 0.0214. The third-order valence-electron chi connectivity index (χ3n) is 3.63. The third kappa shape index (κ3) is 4.85. The van der Waals surface area contributed by atoms with E-state index in [1.807, 2.05) is 45.0 Å². The van der Waals surface area contributed by atoms with Crippen molar-refractivity contribution >= 4 is 5.91 Å². The van der Waals surface area contributed by atoms with Crippen molar-refractivity contribution in [2.75, 3.05) is 20.2 Å². The Kier molecular flexibility index (Phi) is 6.52. The molecule has 4 heteroatoms. The summed E-state index contributed by atoms with van der Waals surface area (Å²) >= 11 is 0. The Hall–Kier alpha value is -1.55. The highest BCUT2D eigenvalue weighted by molar-refractivity contribution is 5.81. The predicted molar refractivity (Wildman–Crippen MR) is 81.7 cm³/mol. The second-order valence-corrected chi connectivity index (χ2v) is 5.33. The number of nitrogens with two attached hydrogens (primary N) is 1. The Bertz CT molecular complexity index is 417. The van der Waals surface area contributed by atoms with Crippen LogP contribution in [-0.2, 0) is 4.79 Å². The Morgan fingerprint density at radius 1 is 1.35 bits per heavy atom. The van der Waals surface area contributed by atoms with Gasteiger partial charge in [-0.2, -0.15) is 0 Å². The number of amides is 1.